The number of rotatable bonds is 5. The first kappa shape index (κ1) is 21.7. The lowest BCUT2D eigenvalue weighted by Gasteiger charge is -2.23. The van der Waals surface area contributed by atoms with Gasteiger partial charge in [0.1, 0.15) is 35.5 Å². The SMILES string of the molecule is Cc1cc(OCc2ccc(C3C(C#N)=C(N)Oc4c3c(C)nn4-c3ccccc3)o2)ccc1Cl. The second-order valence-electron chi connectivity index (χ2n) is 7.98. The molecule has 0 bridgehead atoms. The van der Waals surface area contributed by atoms with Gasteiger partial charge in [-0.1, -0.05) is 29.8 Å². The zero-order valence-corrected chi connectivity index (χ0v) is 19.3. The first-order valence-electron chi connectivity index (χ1n) is 10.7. The van der Waals surface area contributed by atoms with Gasteiger partial charge in [-0.25, -0.2) is 4.68 Å². The minimum absolute atomic E-state index is 0.0305. The summed E-state index contributed by atoms with van der Waals surface area (Å²) in [5, 5.41) is 15.2. The van der Waals surface area contributed by atoms with Crippen LogP contribution in [0.25, 0.3) is 5.69 Å². The van der Waals surface area contributed by atoms with Gasteiger partial charge in [0.2, 0.25) is 11.8 Å². The molecule has 2 N–H and O–H groups in total. The molecular formula is C26H21ClN4O3. The number of aromatic nitrogens is 2. The summed E-state index contributed by atoms with van der Waals surface area (Å²) in [5.41, 5.74) is 9.66. The summed E-state index contributed by atoms with van der Waals surface area (Å²) in [6, 6.07) is 20.9. The summed E-state index contributed by atoms with van der Waals surface area (Å²) in [5.74, 6) is 1.82. The Labute approximate surface area is 201 Å². The minimum atomic E-state index is -0.544. The summed E-state index contributed by atoms with van der Waals surface area (Å²) in [6.07, 6.45) is 0. The number of hydrogen-bond acceptors (Lipinski definition) is 6. The minimum Gasteiger partial charge on any atom is -0.486 e. The molecule has 2 aromatic carbocycles. The third kappa shape index (κ3) is 3.78. The number of halogens is 1. The maximum absolute atomic E-state index is 9.87. The molecule has 0 aliphatic carbocycles. The van der Waals surface area contributed by atoms with Gasteiger partial charge in [0.05, 0.1) is 22.9 Å². The van der Waals surface area contributed by atoms with E-state index in [0.717, 1.165) is 22.5 Å². The molecule has 170 valence electrons. The van der Waals surface area contributed by atoms with Crippen molar-refractivity contribution in [1.29, 1.82) is 5.26 Å². The number of aryl methyl sites for hydroxylation is 2. The highest BCUT2D eigenvalue weighted by atomic mass is 35.5. The van der Waals surface area contributed by atoms with Crippen LogP contribution in [-0.2, 0) is 6.61 Å². The van der Waals surface area contributed by atoms with Crippen LogP contribution < -0.4 is 15.2 Å². The van der Waals surface area contributed by atoms with Crippen LogP contribution in [0.1, 0.15) is 34.3 Å². The van der Waals surface area contributed by atoms with Gasteiger partial charge < -0.3 is 19.6 Å². The molecule has 34 heavy (non-hydrogen) atoms. The molecule has 7 nitrogen and oxygen atoms in total. The Hall–Kier alpha value is -4.15. The number of furan rings is 1. The van der Waals surface area contributed by atoms with Crippen molar-refractivity contribution in [3.63, 3.8) is 0 Å². The first-order chi connectivity index (χ1) is 16.5. The molecule has 1 aliphatic heterocycles. The molecule has 4 aromatic rings. The van der Waals surface area contributed by atoms with E-state index < -0.39 is 5.92 Å². The van der Waals surface area contributed by atoms with Crippen molar-refractivity contribution in [3.05, 3.63) is 105 Å². The van der Waals surface area contributed by atoms with Crippen LogP contribution in [0.15, 0.2) is 76.5 Å². The van der Waals surface area contributed by atoms with Crippen LogP contribution in [0.3, 0.4) is 0 Å². The van der Waals surface area contributed by atoms with E-state index in [9.17, 15) is 5.26 Å². The number of ether oxygens (including phenoxy) is 2. The number of nitriles is 1. The van der Waals surface area contributed by atoms with Crippen LogP contribution >= 0.6 is 11.6 Å². The van der Waals surface area contributed by atoms with E-state index in [1.54, 1.807) is 10.7 Å². The highest BCUT2D eigenvalue weighted by Gasteiger charge is 2.38. The Bertz CT molecular complexity index is 1450. The van der Waals surface area contributed by atoms with E-state index in [4.69, 9.17) is 31.2 Å². The molecule has 0 fully saturated rings. The fourth-order valence-electron chi connectivity index (χ4n) is 4.03. The molecule has 1 atom stereocenters. The molecule has 0 radical (unpaired) electrons. The Morgan fingerprint density at radius 3 is 2.68 bits per heavy atom. The van der Waals surface area contributed by atoms with Gasteiger partial charge in [0, 0.05) is 5.02 Å². The van der Waals surface area contributed by atoms with E-state index in [0.29, 0.717) is 28.2 Å². The van der Waals surface area contributed by atoms with E-state index in [1.807, 2.05) is 68.4 Å². The average molecular weight is 473 g/mol. The number of fused-ring (bicyclic) bond motifs is 1. The van der Waals surface area contributed by atoms with Gasteiger partial charge >= 0.3 is 0 Å². The Balaban J connectivity index is 1.49. The summed E-state index contributed by atoms with van der Waals surface area (Å²) in [4.78, 5) is 0. The van der Waals surface area contributed by atoms with E-state index >= 15 is 0 Å². The zero-order chi connectivity index (χ0) is 23.8. The number of hydrogen-bond donors (Lipinski definition) is 1. The predicted molar refractivity (Wildman–Crippen MR) is 127 cm³/mol. The molecular weight excluding hydrogens is 452 g/mol. The van der Waals surface area contributed by atoms with Crippen molar-refractivity contribution < 1.29 is 13.9 Å². The lowest BCUT2D eigenvalue weighted by atomic mass is 9.88. The monoisotopic (exact) mass is 472 g/mol. The number of nitrogens with two attached hydrogens (primary N) is 1. The van der Waals surface area contributed by atoms with Gasteiger partial charge in [0.15, 0.2) is 0 Å². The number of nitrogens with zero attached hydrogens (tertiary/aromatic N) is 3. The number of benzene rings is 2. The molecule has 0 amide bonds. The second kappa shape index (κ2) is 8.65. The fourth-order valence-corrected chi connectivity index (χ4v) is 4.15. The van der Waals surface area contributed by atoms with E-state index in [1.165, 1.54) is 0 Å². The van der Waals surface area contributed by atoms with Crippen LogP contribution in [-0.4, -0.2) is 9.78 Å². The molecule has 8 heteroatoms. The van der Waals surface area contributed by atoms with Gasteiger partial charge in [-0.05, 0) is 61.9 Å². The summed E-state index contributed by atoms with van der Waals surface area (Å²) < 4.78 is 19.6. The molecule has 1 unspecified atom stereocenters. The third-order valence-electron chi connectivity index (χ3n) is 5.71. The largest absolute Gasteiger partial charge is 0.486 e. The molecule has 1 aliphatic rings. The Morgan fingerprint density at radius 1 is 1.15 bits per heavy atom. The predicted octanol–water partition coefficient (Wildman–Crippen LogP) is 5.53. The lowest BCUT2D eigenvalue weighted by molar-refractivity contribution is 0.264. The van der Waals surface area contributed by atoms with Crippen LogP contribution in [0.4, 0.5) is 0 Å². The topological polar surface area (TPSA) is 99.2 Å². The zero-order valence-electron chi connectivity index (χ0n) is 18.6. The smallest absolute Gasteiger partial charge is 0.229 e. The fraction of sp³-hybridized carbons (Fsp3) is 0.154. The molecule has 0 saturated heterocycles. The average Bonchev–Trinajstić information content (AvgIpc) is 3.44. The third-order valence-corrected chi connectivity index (χ3v) is 6.13. The van der Waals surface area contributed by atoms with Crippen LogP contribution in [0, 0.1) is 25.2 Å². The molecule has 3 heterocycles. The Kier molecular flexibility index (Phi) is 5.52. The highest BCUT2D eigenvalue weighted by Crippen LogP contribution is 2.45. The first-order valence-corrected chi connectivity index (χ1v) is 11.0. The number of allylic oxidation sites excluding steroid dienone is 1. The van der Waals surface area contributed by atoms with Crippen LogP contribution in [0.5, 0.6) is 11.6 Å². The van der Waals surface area contributed by atoms with Crippen molar-refractivity contribution >= 4 is 11.6 Å². The maximum Gasteiger partial charge on any atom is 0.229 e. The summed E-state index contributed by atoms with van der Waals surface area (Å²) >= 11 is 6.09. The molecule has 2 aromatic heterocycles. The van der Waals surface area contributed by atoms with Gasteiger partial charge in [0.25, 0.3) is 0 Å². The van der Waals surface area contributed by atoms with Gasteiger partial charge in [-0.15, -0.1) is 0 Å². The van der Waals surface area contributed by atoms with Crippen molar-refractivity contribution in [3.8, 4) is 23.4 Å². The van der Waals surface area contributed by atoms with Gasteiger partial charge in [-0.2, -0.15) is 10.4 Å². The van der Waals surface area contributed by atoms with Crippen molar-refractivity contribution in [2.24, 2.45) is 5.73 Å². The van der Waals surface area contributed by atoms with E-state index in [2.05, 4.69) is 11.2 Å². The lowest BCUT2D eigenvalue weighted by Crippen LogP contribution is -2.21. The molecule has 0 saturated carbocycles. The molecule has 0 spiro atoms. The van der Waals surface area contributed by atoms with Gasteiger partial charge in [-0.3, -0.25) is 0 Å². The standard InChI is InChI=1S/C26H21ClN4O3/c1-15-12-18(8-10-21(15)27)32-14-19-9-11-22(33-19)24-20(13-28)25(29)34-26-23(24)16(2)30-31(26)17-6-4-3-5-7-17/h3-12,24H,14,29H2,1-2H3. The van der Waals surface area contributed by atoms with Crippen molar-refractivity contribution in [1.82, 2.24) is 9.78 Å². The highest BCUT2D eigenvalue weighted by molar-refractivity contribution is 6.31. The maximum atomic E-state index is 9.87. The van der Waals surface area contributed by atoms with E-state index in [-0.39, 0.29) is 18.1 Å². The molecule has 5 rings (SSSR count). The second-order valence-corrected chi connectivity index (χ2v) is 8.39. The van der Waals surface area contributed by atoms with Crippen LogP contribution in [0.2, 0.25) is 5.02 Å². The van der Waals surface area contributed by atoms with Crippen molar-refractivity contribution in [2.45, 2.75) is 26.4 Å². The normalized spacial score (nSPS) is 14.9. The summed E-state index contributed by atoms with van der Waals surface area (Å²) in [7, 11) is 0. The van der Waals surface area contributed by atoms with Crippen molar-refractivity contribution in [2.75, 3.05) is 0 Å². The summed E-state index contributed by atoms with van der Waals surface area (Å²) in [6.45, 7) is 4.02. The Morgan fingerprint density at radius 2 is 1.94 bits per heavy atom. The number of para-hydroxylation sites is 1. The quantitative estimate of drug-likeness (QED) is 0.409.